The van der Waals surface area contributed by atoms with Gasteiger partial charge in [0.05, 0.1) is 5.56 Å². The van der Waals surface area contributed by atoms with Gasteiger partial charge in [0.15, 0.2) is 0 Å². The van der Waals surface area contributed by atoms with E-state index in [1.807, 2.05) is 0 Å². The number of nitrogens with one attached hydrogen (secondary N) is 1. The standard InChI is InChI=1S/C18H27N3O/c1-18(2)9-5-6-12(10-18)21-17-14-8-4-3-7-13(14)15(11-20-17)16(19)22/h11-12H,3-10H2,1-2H3,(H2,19,22)(H,20,21). The van der Waals surface area contributed by atoms with Crippen LogP contribution in [0.2, 0.25) is 0 Å². The maximum Gasteiger partial charge on any atom is 0.250 e. The molecule has 0 saturated heterocycles. The molecule has 2 aliphatic rings. The Morgan fingerprint density at radius 1 is 1.27 bits per heavy atom. The Labute approximate surface area is 132 Å². The van der Waals surface area contributed by atoms with Crippen molar-refractivity contribution in [1.29, 1.82) is 0 Å². The summed E-state index contributed by atoms with van der Waals surface area (Å²) >= 11 is 0. The molecule has 1 fully saturated rings. The van der Waals surface area contributed by atoms with Crippen LogP contribution in [0.4, 0.5) is 5.82 Å². The zero-order valence-corrected chi connectivity index (χ0v) is 13.7. The first-order valence-electron chi connectivity index (χ1n) is 8.53. The van der Waals surface area contributed by atoms with Crippen LogP contribution in [0.3, 0.4) is 0 Å². The molecule has 22 heavy (non-hydrogen) atoms. The van der Waals surface area contributed by atoms with E-state index >= 15 is 0 Å². The van der Waals surface area contributed by atoms with Gasteiger partial charge < -0.3 is 11.1 Å². The highest BCUT2D eigenvalue weighted by atomic mass is 16.1. The summed E-state index contributed by atoms with van der Waals surface area (Å²) in [5.41, 5.74) is 8.89. The van der Waals surface area contributed by atoms with Crippen molar-refractivity contribution in [1.82, 2.24) is 4.98 Å². The number of nitrogens with zero attached hydrogens (tertiary/aromatic N) is 1. The van der Waals surface area contributed by atoms with Gasteiger partial charge in [-0.05, 0) is 61.5 Å². The first-order valence-corrected chi connectivity index (χ1v) is 8.53. The molecule has 1 amide bonds. The molecule has 1 unspecified atom stereocenters. The van der Waals surface area contributed by atoms with Gasteiger partial charge in [-0.1, -0.05) is 20.3 Å². The van der Waals surface area contributed by atoms with Crippen LogP contribution < -0.4 is 11.1 Å². The molecule has 1 aromatic rings. The summed E-state index contributed by atoms with van der Waals surface area (Å²) in [6, 6.07) is 0.488. The van der Waals surface area contributed by atoms with E-state index in [4.69, 9.17) is 5.73 Å². The Kier molecular flexibility index (Phi) is 4.11. The zero-order valence-electron chi connectivity index (χ0n) is 13.7. The van der Waals surface area contributed by atoms with E-state index in [1.54, 1.807) is 6.20 Å². The predicted octanol–water partition coefficient (Wildman–Crippen LogP) is 3.44. The first kappa shape index (κ1) is 15.3. The van der Waals surface area contributed by atoms with Crippen molar-refractivity contribution >= 4 is 11.7 Å². The highest BCUT2D eigenvalue weighted by Crippen LogP contribution is 2.37. The zero-order chi connectivity index (χ0) is 15.7. The molecule has 0 aliphatic heterocycles. The summed E-state index contributed by atoms with van der Waals surface area (Å²) < 4.78 is 0. The second-order valence-electron chi connectivity index (χ2n) is 7.65. The van der Waals surface area contributed by atoms with E-state index in [9.17, 15) is 4.79 Å². The SMILES string of the molecule is CC1(C)CCCC(Nc2ncc(C(N)=O)c3c2CCCC3)C1. The summed E-state index contributed by atoms with van der Waals surface area (Å²) in [6.07, 6.45) is 10.9. The lowest BCUT2D eigenvalue weighted by Crippen LogP contribution is -2.32. The highest BCUT2D eigenvalue weighted by molar-refractivity contribution is 5.95. The maximum absolute atomic E-state index is 11.6. The van der Waals surface area contributed by atoms with Crippen LogP contribution in [0.1, 0.15) is 73.9 Å². The number of fused-ring (bicyclic) bond motifs is 1. The molecule has 1 atom stereocenters. The molecule has 0 aromatic carbocycles. The second kappa shape index (κ2) is 5.90. The van der Waals surface area contributed by atoms with Gasteiger partial charge in [0.25, 0.3) is 5.91 Å². The molecule has 0 bridgehead atoms. The lowest BCUT2D eigenvalue weighted by molar-refractivity contribution is 0.0999. The van der Waals surface area contributed by atoms with Gasteiger partial charge in [0.1, 0.15) is 5.82 Å². The Morgan fingerprint density at radius 3 is 2.68 bits per heavy atom. The van der Waals surface area contributed by atoms with Crippen molar-refractivity contribution in [3.05, 3.63) is 22.9 Å². The molecule has 1 saturated carbocycles. The number of anilines is 1. The van der Waals surface area contributed by atoms with Crippen molar-refractivity contribution in [2.24, 2.45) is 11.1 Å². The Hall–Kier alpha value is -1.58. The molecule has 0 radical (unpaired) electrons. The number of hydrogen-bond donors (Lipinski definition) is 2. The largest absolute Gasteiger partial charge is 0.367 e. The van der Waals surface area contributed by atoms with Gasteiger partial charge in [-0.3, -0.25) is 4.79 Å². The van der Waals surface area contributed by atoms with Crippen LogP contribution in [-0.2, 0) is 12.8 Å². The first-order chi connectivity index (χ1) is 10.5. The van der Waals surface area contributed by atoms with E-state index < -0.39 is 0 Å². The number of hydrogen-bond acceptors (Lipinski definition) is 3. The Bertz CT molecular complexity index is 580. The lowest BCUT2D eigenvalue weighted by Gasteiger charge is -2.36. The van der Waals surface area contributed by atoms with Gasteiger partial charge >= 0.3 is 0 Å². The molecule has 2 aliphatic carbocycles. The summed E-state index contributed by atoms with van der Waals surface area (Å²) in [7, 11) is 0. The van der Waals surface area contributed by atoms with Gasteiger partial charge in [-0.2, -0.15) is 0 Å². The topological polar surface area (TPSA) is 68.0 Å². The molecule has 4 nitrogen and oxygen atoms in total. The average Bonchev–Trinajstić information content (AvgIpc) is 2.46. The third-order valence-electron chi connectivity index (χ3n) is 5.21. The van der Waals surface area contributed by atoms with Crippen molar-refractivity contribution in [3.63, 3.8) is 0 Å². The number of aromatic nitrogens is 1. The van der Waals surface area contributed by atoms with Gasteiger partial charge in [-0.25, -0.2) is 4.98 Å². The second-order valence-corrected chi connectivity index (χ2v) is 7.65. The monoisotopic (exact) mass is 301 g/mol. The minimum absolute atomic E-state index is 0.351. The summed E-state index contributed by atoms with van der Waals surface area (Å²) in [6.45, 7) is 4.69. The van der Waals surface area contributed by atoms with Gasteiger partial charge in [0, 0.05) is 12.2 Å². The fourth-order valence-electron chi connectivity index (χ4n) is 4.10. The van der Waals surface area contributed by atoms with Crippen molar-refractivity contribution in [2.75, 3.05) is 5.32 Å². The van der Waals surface area contributed by atoms with Crippen LogP contribution in [0.25, 0.3) is 0 Å². The van der Waals surface area contributed by atoms with E-state index in [0.717, 1.165) is 30.6 Å². The van der Waals surface area contributed by atoms with Crippen LogP contribution in [0.5, 0.6) is 0 Å². The number of primary amides is 1. The predicted molar refractivity (Wildman–Crippen MR) is 89.1 cm³/mol. The summed E-state index contributed by atoms with van der Waals surface area (Å²) in [5.74, 6) is 0.637. The number of pyridine rings is 1. The fraction of sp³-hybridized carbons (Fsp3) is 0.667. The fourth-order valence-corrected chi connectivity index (χ4v) is 4.10. The Balaban J connectivity index is 1.86. The third-order valence-corrected chi connectivity index (χ3v) is 5.21. The van der Waals surface area contributed by atoms with E-state index in [-0.39, 0.29) is 5.91 Å². The lowest BCUT2D eigenvalue weighted by atomic mass is 9.75. The smallest absolute Gasteiger partial charge is 0.250 e. The maximum atomic E-state index is 11.6. The summed E-state index contributed by atoms with van der Waals surface area (Å²) in [5, 5.41) is 3.67. The molecule has 3 N–H and O–H groups in total. The van der Waals surface area contributed by atoms with Crippen molar-refractivity contribution < 1.29 is 4.79 Å². The van der Waals surface area contributed by atoms with Gasteiger partial charge in [-0.15, -0.1) is 0 Å². The quantitative estimate of drug-likeness (QED) is 0.898. The molecule has 3 rings (SSSR count). The van der Waals surface area contributed by atoms with E-state index in [1.165, 1.54) is 37.7 Å². The van der Waals surface area contributed by atoms with Crippen molar-refractivity contribution in [2.45, 2.75) is 71.3 Å². The molecular weight excluding hydrogens is 274 g/mol. The molecule has 1 heterocycles. The number of nitrogens with two attached hydrogens (primary N) is 1. The third kappa shape index (κ3) is 3.11. The number of carbonyl (C=O) groups excluding carboxylic acids is 1. The van der Waals surface area contributed by atoms with Gasteiger partial charge in [0.2, 0.25) is 0 Å². The van der Waals surface area contributed by atoms with E-state index in [0.29, 0.717) is 17.0 Å². The Morgan fingerprint density at radius 2 is 2.00 bits per heavy atom. The molecule has 1 aromatic heterocycles. The molecule has 120 valence electrons. The normalized spacial score (nSPS) is 23.6. The molecule has 0 spiro atoms. The average molecular weight is 301 g/mol. The number of amides is 1. The minimum atomic E-state index is -0.351. The highest BCUT2D eigenvalue weighted by Gasteiger charge is 2.29. The summed E-state index contributed by atoms with van der Waals surface area (Å²) in [4.78, 5) is 16.2. The number of carbonyl (C=O) groups is 1. The van der Waals surface area contributed by atoms with Crippen LogP contribution in [0.15, 0.2) is 6.20 Å². The minimum Gasteiger partial charge on any atom is -0.367 e. The van der Waals surface area contributed by atoms with Crippen LogP contribution >= 0.6 is 0 Å². The van der Waals surface area contributed by atoms with Crippen LogP contribution in [-0.4, -0.2) is 16.9 Å². The number of rotatable bonds is 3. The van der Waals surface area contributed by atoms with Crippen molar-refractivity contribution in [3.8, 4) is 0 Å². The van der Waals surface area contributed by atoms with E-state index in [2.05, 4.69) is 24.1 Å². The molecular formula is C18H27N3O. The van der Waals surface area contributed by atoms with Crippen LogP contribution in [0, 0.1) is 5.41 Å². The molecule has 4 heteroatoms.